The second-order valence-corrected chi connectivity index (χ2v) is 10.5. The highest BCUT2D eigenvalue weighted by Crippen LogP contribution is 2.67. The predicted octanol–water partition coefficient (Wildman–Crippen LogP) is 4.36. The number of oxime groups is 1. The molecule has 154 valence electrons. The van der Waals surface area contributed by atoms with Crippen molar-refractivity contribution in [3.8, 4) is 0 Å². The smallest absolute Gasteiger partial charge is 0.118 e. The number of rotatable bonds is 5. The van der Waals surface area contributed by atoms with Gasteiger partial charge in [0.2, 0.25) is 0 Å². The number of aliphatic hydroxyl groups is 1. The van der Waals surface area contributed by atoms with Gasteiger partial charge in [0.1, 0.15) is 6.61 Å². The molecule has 0 bridgehead atoms. The molecule has 0 aromatic rings. The molecule has 0 radical (unpaired) electrons. The van der Waals surface area contributed by atoms with Crippen molar-refractivity contribution >= 4 is 6.21 Å². The SMILES string of the molecule is C[C@]12CC[C@H](O)C[C@H]1CC[C@@H]1[C@@H]2CC[C@]2(C)[C@@H](/C=N/OCCCN)CC[C@@H]12. The molecule has 8 atom stereocenters. The minimum Gasteiger partial charge on any atom is -0.396 e. The molecule has 4 fully saturated rings. The van der Waals surface area contributed by atoms with Crippen molar-refractivity contribution in [1.29, 1.82) is 0 Å². The lowest BCUT2D eigenvalue weighted by Crippen LogP contribution is -2.54. The normalized spacial score (nSPS) is 49.5. The number of nitrogens with two attached hydrogens (primary N) is 1. The minimum atomic E-state index is -0.0418. The van der Waals surface area contributed by atoms with E-state index in [0.29, 0.717) is 29.9 Å². The van der Waals surface area contributed by atoms with Gasteiger partial charge in [0.15, 0.2) is 0 Å². The minimum absolute atomic E-state index is 0.0418. The van der Waals surface area contributed by atoms with E-state index in [-0.39, 0.29) is 6.10 Å². The summed E-state index contributed by atoms with van der Waals surface area (Å²) in [5, 5.41) is 14.5. The Bertz CT molecular complexity index is 552. The summed E-state index contributed by atoms with van der Waals surface area (Å²) in [6.07, 6.45) is 14.3. The van der Waals surface area contributed by atoms with Crippen molar-refractivity contribution < 1.29 is 9.94 Å². The van der Waals surface area contributed by atoms with Crippen molar-refractivity contribution in [2.45, 2.75) is 84.2 Å². The molecule has 4 nitrogen and oxygen atoms in total. The lowest BCUT2D eigenvalue weighted by atomic mass is 9.45. The Balaban J connectivity index is 1.46. The van der Waals surface area contributed by atoms with Gasteiger partial charge in [-0.1, -0.05) is 19.0 Å². The van der Waals surface area contributed by atoms with E-state index in [0.717, 1.165) is 42.9 Å². The average molecular weight is 377 g/mol. The van der Waals surface area contributed by atoms with Crippen molar-refractivity contribution in [3.05, 3.63) is 0 Å². The third-order valence-electron chi connectivity index (χ3n) is 9.47. The zero-order chi connectivity index (χ0) is 19.1. The Morgan fingerprint density at radius 2 is 1.81 bits per heavy atom. The van der Waals surface area contributed by atoms with Crippen LogP contribution in [-0.2, 0) is 4.84 Å². The molecule has 4 saturated carbocycles. The van der Waals surface area contributed by atoms with E-state index in [4.69, 9.17) is 10.6 Å². The summed E-state index contributed by atoms with van der Waals surface area (Å²) in [4.78, 5) is 5.43. The first kappa shape index (κ1) is 19.7. The fourth-order valence-corrected chi connectivity index (χ4v) is 7.84. The molecule has 3 N–H and O–H groups in total. The predicted molar refractivity (Wildman–Crippen MR) is 109 cm³/mol. The van der Waals surface area contributed by atoms with E-state index in [2.05, 4.69) is 25.2 Å². The Morgan fingerprint density at radius 3 is 2.63 bits per heavy atom. The fraction of sp³-hybridized carbons (Fsp3) is 0.957. The van der Waals surface area contributed by atoms with Crippen LogP contribution in [-0.4, -0.2) is 30.6 Å². The average Bonchev–Trinajstić information content (AvgIpc) is 2.99. The number of aliphatic hydroxyl groups excluding tert-OH is 1. The molecule has 0 aromatic heterocycles. The number of nitrogens with zero attached hydrogens (tertiary/aromatic N) is 1. The maximum atomic E-state index is 10.2. The van der Waals surface area contributed by atoms with Gasteiger partial charge in [-0.05, 0) is 105 Å². The van der Waals surface area contributed by atoms with Crippen LogP contribution in [0.5, 0.6) is 0 Å². The molecule has 0 spiro atoms. The van der Waals surface area contributed by atoms with Gasteiger partial charge < -0.3 is 15.7 Å². The van der Waals surface area contributed by atoms with Crippen LogP contribution in [0.15, 0.2) is 5.16 Å². The first-order valence-electron chi connectivity index (χ1n) is 11.5. The van der Waals surface area contributed by atoms with Crippen molar-refractivity contribution in [2.24, 2.45) is 51.3 Å². The molecule has 0 amide bonds. The zero-order valence-corrected chi connectivity index (χ0v) is 17.4. The van der Waals surface area contributed by atoms with Gasteiger partial charge in [-0.2, -0.15) is 0 Å². The molecule has 0 aliphatic heterocycles. The summed E-state index contributed by atoms with van der Waals surface area (Å²) in [6.45, 7) is 6.41. The molecule has 0 aromatic carbocycles. The Labute approximate surface area is 165 Å². The molecule has 4 heteroatoms. The molecule has 4 aliphatic carbocycles. The highest BCUT2D eigenvalue weighted by Gasteiger charge is 2.59. The van der Waals surface area contributed by atoms with Crippen molar-refractivity contribution in [3.63, 3.8) is 0 Å². The van der Waals surface area contributed by atoms with Gasteiger partial charge in [0, 0.05) is 12.1 Å². The van der Waals surface area contributed by atoms with Crippen LogP contribution in [0.3, 0.4) is 0 Å². The Morgan fingerprint density at radius 1 is 1.04 bits per heavy atom. The molecule has 0 saturated heterocycles. The number of hydrogen-bond acceptors (Lipinski definition) is 4. The molecule has 0 heterocycles. The van der Waals surface area contributed by atoms with Gasteiger partial charge in [0.25, 0.3) is 0 Å². The van der Waals surface area contributed by atoms with Gasteiger partial charge in [0.05, 0.1) is 6.10 Å². The van der Waals surface area contributed by atoms with Crippen LogP contribution in [0.4, 0.5) is 0 Å². The summed E-state index contributed by atoms with van der Waals surface area (Å²) in [5.41, 5.74) is 6.40. The fourth-order valence-electron chi connectivity index (χ4n) is 7.84. The molecular weight excluding hydrogens is 336 g/mol. The quantitative estimate of drug-likeness (QED) is 0.426. The molecular formula is C23H40N2O2. The third kappa shape index (κ3) is 3.35. The Hall–Kier alpha value is -0.610. The second-order valence-electron chi connectivity index (χ2n) is 10.5. The largest absolute Gasteiger partial charge is 0.396 e. The summed E-state index contributed by atoms with van der Waals surface area (Å²) in [7, 11) is 0. The van der Waals surface area contributed by atoms with Crippen LogP contribution in [0, 0.1) is 40.4 Å². The molecule has 4 aliphatic rings. The van der Waals surface area contributed by atoms with E-state index in [9.17, 15) is 5.11 Å². The first-order chi connectivity index (χ1) is 13.0. The van der Waals surface area contributed by atoms with Crippen LogP contribution in [0.2, 0.25) is 0 Å². The van der Waals surface area contributed by atoms with E-state index in [1.165, 1.54) is 44.9 Å². The summed E-state index contributed by atoms with van der Waals surface area (Å²) < 4.78 is 0. The summed E-state index contributed by atoms with van der Waals surface area (Å²) in [6, 6.07) is 0. The molecule has 4 rings (SSSR count). The van der Waals surface area contributed by atoms with E-state index < -0.39 is 0 Å². The standard InChI is InChI=1S/C23H40N2O2/c1-22-10-8-18(26)14-16(22)4-6-19-20-7-5-17(15-25-27-13-3-12-24)23(20,2)11-9-21(19)22/h15-21,26H,3-14,24H2,1-2H3/b25-15+/t16-,17-,18+,19+,20+,21+,22+,23-/m1/s1. The third-order valence-corrected chi connectivity index (χ3v) is 9.47. The maximum Gasteiger partial charge on any atom is 0.118 e. The monoisotopic (exact) mass is 376 g/mol. The van der Waals surface area contributed by atoms with Gasteiger partial charge in [-0.25, -0.2) is 0 Å². The number of hydrogen-bond donors (Lipinski definition) is 2. The summed E-state index contributed by atoms with van der Waals surface area (Å²) >= 11 is 0. The highest BCUT2D eigenvalue weighted by atomic mass is 16.6. The van der Waals surface area contributed by atoms with Crippen molar-refractivity contribution in [2.75, 3.05) is 13.2 Å². The van der Waals surface area contributed by atoms with E-state index in [1.54, 1.807) is 0 Å². The van der Waals surface area contributed by atoms with Gasteiger partial charge in [-0.3, -0.25) is 0 Å². The van der Waals surface area contributed by atoms with Crippen LogP contribution < -0.4 is 5.73 Å². The first-order valence-corrected chi connectivity index (χ1v) is 11.5. The van der Waals surface area contributed by atoms with Gasteiger partial charge in [-0.15, -0.1) is 0 Å². The maximum absolute atomic E-state index is 10.2. The molecule has 0 unspecified atom stereocenters. The van der Waals surface area contributed by atoms with Crippen molar-refractivity contribution in [1.82, 2.24) is 0 Å². The van der Waals surface area contributed by atoms with Crippen LogP contribution in [0.1, 0.15) is 78.1 Å². The molecule has 27 heavy (non-hydrogen) atoms. The number of fused-ring (bicyclic) bond motifs is 5. The topological polar surface area (TPSA) is 67.8 Å². The highest BCUT2D eigenvalue weighted by molar-refractivity contribution is 5.62. The lowest BCUT2D eigenvalue weighted by Gasteiger charge is -2.60. The van der Waals surface area contributed by atoms with Crippen LogP contribution in [0.25, 0.3) is 0 Å². The van der Waals surface area contributed by atoms with E-state index in [1.807, 2.05) is 0 Å². The Kier molecular flexibility index (Phi) is 5.59. The van der Waals surface area contributed by atoms with Gasteiger partial charge >= 0.3 is 0 Å². The lowest BCUT2D eigenvalue weighted by molar-refractivity contribution is -0.123. The zero-order valence-electron chi connectivity index (χ0n) is 17.4. The van der Waals surface area contributed by atoms with E-state index >= 15 is 0 Å². The summed E-state index contributed by atoms with van der Waals surface area (Å²) in [5.74, 6) is 3.93. The van der Waals surface area contributed by atoms with Crippen LogP contribution >= 0.6 is 0 Å². The second kappa shape index (κ2) is 7.67.